The standard InChI is InChI=1S/C18H25NO6/c1-18(2,3)14-9-11(8-13(10-14)17(23)24)7-12(16(21)22)5-4-6-15(20)19-25/h8-10,12,25H,4-7H2,1-3H3,(H,19,20)(H,21,22)(H,23,24). The molecule has 0 spiro atoms. The molecular formula is C18H25NO6. The smallest absolute Gasteiger partial charge is 0.335 e. The van der Waals surface area contributed by atoms with Crippen LogP contribution in [-0.2, 0) is 21.4 Å². The lowest BCUT2D eigenvalue weighted by Crippen LogP contribution is -2.21. The van der Waals surface area contributed by atoms with E-state index in [9.17, 15) is 24.6 Å². The number of nitrogens with one attached hydrogen (secondary N) is 1. The molecule has 4 N–H and O–H groups in total. The first-order valence-corrected chi connectivity index (χ1v) is 8.08. The van der Waals surface area contributed by atoms with Crippen LogP contribution in [-0.4, -0.2) is 33.3 Å². The zero-order chi connectivity index (χ0) is 19.2. The van der Waals surface area contributed by atoms with Crippen LogP contribution < -0.4 is 5.48 Å². The van der Waals surface area contributed by atoms with Crippen molar-refractivity contribution in [3.63, 3.8) is 0 Å². The van der Waals surface area contributed by atoms with Crippen molar-refractivity contribution in [1.29, 1.82) is 0 Å². The highest BCUT2D eigenvalue weighted by molar-refractivity contribution is 5.88. The zero-order valence-electron chi connectivity index (χ0n) is 14.7. The lowest BCUT2D eigenvalue weighted by molar-refractivity contribution is -0.142. The maximum Gasteiger partial charge on any atom is 0.335 e. The van der Waals surface area contributed by atoms with Crippen LogP contribution in [0.15, 0.2) is 18.2 Å². The van der Waals surface area contributed by atoms with Gasteiger partial charge in [-0.1, -0.05) is 26.8 Å². The summed E-state index contributed by atoms with van der Waals surface area (Å²) in [6.45, 7) is 5.87. The fraction of sp³-hybridized carbons (Fsp3) is 0.500. The average molecular weight is 351 g/mol. The second-order valence-electron chi connectivity index (χ2n) is 7.14. The molecule has 0 aromatic heterocycles. The monoisotopic (exact) mass is 351 g/mol. The number of hydroxylamine groups is 1. The molecule has 0 bridgehead atoms. The lowest BCUT2D eigenvalue weighted by Gasteiger charge is -2.21. The Morgan fingerprint density at radius 2 is 1.76 bits per heavy atom. The Morgan fingerprint density at radius 3 is 2.24 bits per heavy atom. The second-order valence-corrected chi connectivity index (χ2v) is 7.14. The van der Waals surface area contributed by atoms with Crippen molar-refractivity contribution in [3.8, 4) is 0 Å². The van der Waals surface area contributed by atoms with Crippen LogP contribution in [0.5, 0.6) is 0 Å². The normalized spacial score (nSPS) is 12.5. The molecule has 7 nitrogen and oxygen atoms in total. The summed E-state index contributed by atoms with van der Waals surface area (Å²) >= 11 is 0. The number of hydrogen-bond donors (Lipinski definition) is 4. The summed E-state index contributed by atoms with van der Waals surface area (Å²) in [5.41, 5.74) is 2.84. The highest BCUT2D eigenvalue weighted by Crippen LogP contribution is 2.26. The fourth-order valence-corrected chi connectivity index (χ4v) is 2.53. The van der Waals surface area contributed by atoms with Gasteiger partial charge < -0.3 is 10.2 Å². The van der Waals surface area contributed by atoms with Gasteiger partial charge in [-0.25, -0.2) is 10.3 Å². The third kappa shape index (κ3) is 6.54. The molecule has 0 fully saturated rings. The summed E-state index contributed by atoms with van der Waals surface area (Å²) in [6.07, 6.45) is 0.780. The molecule has 1 atom stereocenters. The Bertz CT molecular complexity index is 647. The predicted octanol–water partition coefficient (Wildman–Crippen LogP) is 2.60. The molecule has 1 rings (SSSR count). The second kappa shape index (κ2) is 8.62. The number of carboxylic acids is 2. The molecule has 0 radical (unpaired) electrons. The SMILES string of the molecule is CC(C)(C)c1cc(CC(CCCC(=O)NO)C(=O)O)cc(C(=O)O)c1. The van der Waals surface area contributed by atoms with Crippen LogP contribution in [0.1, 0.15) is 61.5 Å². The first kappa shape index (κ1) is 20.6. The highest BCUT2D eigenvalue weighted by atomic mass is 16.5. The Morgan fingerprint density at radius 1 is 1.12 bits per heavy atom. The molecule has 0 aliphatic rings. The van der Waals surface area contributed by atoms with Crippen molar-refractivity contribution < 1.29 is 29.8 Å². The van der Waals surface area contributed by atoms with Gasteiger partial charge in [-0.15, -0.1) is 0 Å². The third-order valence-corrected chi connectivity index (χ3v) is 4.02. The molecule has 0 saturated carbocycles. The molecule has 138 valence electrons. The predicted molar refractivity (Wildman–Crippen MR) is 90.7 cm³/mol. The van der Waals surface area contributed by atoms with Crippen LogP contribution in [0.4, 0.5) is 0 Å². The summed E-state index contributed by atoms with van der Waals surface area (Å²) in [5, 5.41) is 27.1. The van der Waals surface area contributed by atoms with Crippen molar-refractivity contribution in [1.82, 2.24) is 5.48 Å². The van der Waals surface area contributed by atoms with Gasteiger partial charge in [0.15, 0.2) is 0 Å². The van der Waals surface area contributed by atoms with E-state index in [1.807, 2.05) is 26.8 Å². The molecule has 0 saturated heterocycles. The summed E-state index contributed by atoms with van der Waals surface area (Å²) in [7, 11) is 0. The van der Waals surface area contributed by atoms with Crippen molar-refractivity contribution in [3.05, 3.63) is 34.9 Å². The average Bonchev–Trinajstić information content (AvgIpc) is 2.52. The van der Waals surface area contributed by atoms with Crippen LogP contribution in [0.3, 0.4) is 0 Å². The number of aliphatic carboxylic acids is 1. The number of hydrogen-bond acceptors (Lipinski definition) is 4. The van der Waals surface area contributed by atoms with Gasteiger partial charge in [0.2, 0.25) is 5.91 Å². The van der Waals surface area contributed by atoms with Crippen molar-refractivity contribution in [2.75, 3.05) is 0 Å². The largest absolute Gasteiger partial charge is 0.481 e. The molecule has 1 aromatic carbocycles. The maximum absolute atomic E-state index is 11.5. The van der Waals surface area contributed by atoms with Gasteiger partial charge in [-0.3, -0.25) is 14.8 Å². The lowest BCUT2D eigenvalue weighted by atomic mass is 9.83. The molecule has 1 unspecified atom stereocenters. The Balaban J connectivity index is 3.00. The Labute approximate surface area is 146 Å². The summed E-state index contributed by atoms with van der Waals surface area (Å²) < 4.78 is 0. The Hall–Kier alpha value is -2.41. The van der Waals surface area contributed by atoms with Gasteiger partial charge in [0, 0.05) is 6.42 Å². The van der Waals surface area contributed by atoms with Gasteiger partial charge in [0.25, 0.3) is 0 Å². The van der Waals surface area contributed by atoms with E-state index in [-0.39, 0.29) is 30.2 Å². The number of benzene rings is 1. The van der Waals surface area contributed by atoms with E-state index < -0.39 is 23.8 Å². The number of carboxylic acid groups (broad SMARTS) is 2. The minimum Gasteiger partial charge on any atom is -0.481 e. The topological polar surface area (TPSA) is 124 Å². The van der Waals surface area contributed by atoms with Gasteiger partial charge in [-0.2, -0.15) is 0 Å². The molecule has 7 heteroatoms. The molecule has 1 aromatic rings. The van der Waals surface area contributed by atoms with Crippen LogP contribution in [0, 0.1) is 5.92 Å². The quantitative estimate of drug-likeness (QED) is 0.421. The number of rotatable bonds is 8. The third-order valence-electron chi connectivity index (χ3n) is 4.02. The van der Waals surface area contributed by atoms with Gasteiger partial charge in [0.05, 0.1) is 11.5 Å². The highest BCUT2D eigenvalue weighted by Gasteiger charge is 2.22. The van der Waals surface area contributed by atoms with Gasteiger partial charge >= 0.3 is 11.9 Å². The number of carbonyl (C=O) groups is 3. The fourth-order valence-electron chi connectivity index (χ4n) is 2.53. The molecule has 25 heavy (non-hydrogen) atoms. The summed E-state index contributed by atoms with van der Waals surface area (Å²) in [4.78, 5) is 33.9. The van der Waals surface area contributed by atoms with Crippen LogP contribution >= 0.6 is 0 Å². The van der Waals surface area contributed by atoms with E-state index in [0.29, 0.717) is 12.0 Å². The number of amides is 1. The van der Waals surface area contributed by atoms with E-state index in [4.69, 9.17) is 5.21 Å². The van der Waals surface area contributed by atoms with E-state index in [1.165, 1.54) is 11.5 Å². The molecular weight excluding hydrogens is 326 g/mol. The first-order valence-electron chi connectivity index (χ1n) is 8.08. The van der Waals surface area contributed by atoms with Crippen LogP contribution in [0.2, 0.25) is 0 Å². The Kier molecular flexibility index (Phi) is 7.11. The maximum atomic E-state index is 11.5. The van der Waals surface area contributed by atoms with E-state index in [1.54, 1.807) is 6.07 Å². The minimum atomic E-state index is -1.06. The summed E-state index contributed by atoms with van der Waals surface area (Å²) in [5.74, 6) is -3.35. The molecule has 0 aliphatic carbocycles. The van der Waals surface area contributed by atoms with E-state index in [2.05, 4.69) is 0 Å². The number of carbonyl (C=O) groups excluding carboxylic acids is 1. The van der Waals surface area contributed by atoms with Crippen LogP contribution in [0.25, 0.3) is 0 Å². The number of aromatic carboxylic acids is 1. The van der Waals surface area contributed by atoms with Crippen molar-refractivity contribution >= 4 is 17.8 Å². The van der Waals surface area contributed by atoms with Crippen molar-refractivity contribution in [2.24, 2.45) is 5.92 Å². The van der Waals surface area contributed by atoms with E-state index in [0.717, 1.165) is 5.56 Å². The summed E-state index contributed by atoms with van der Waals surface area (Å²) in [6, 6.07) is 4.93. The molecule has 1 amide bonds. The first-order chi connectivity index (χ1) is 11.5. The van der Waals surface area contributed by atoms with Crippen molar-refractivity contribution in [2.45, 2.75) is 51.9 Å². The van der Waals surface area contributed by atoms with Gasteiger partial charge in [-0.05, 0) is 47.9 Å². The molecule has 0 heterocycles. The van der Waals surface area contributed by atoms with Gasteiger partial charge in [0.1, 0.15) is 0 Å². The minimum absolute atomic E-state index is 0.0304. The van der Waals surface area contributed by atoms with E-state index >= 15 is 0 Å². The zero-order valence-corrected chi connectivity index (χ0v) is 14.7. The molecule has 0 aliphatic heterocycles.